The zero-order valence-corrected chi connectivity index (χ0v) is 20.4. The lowest BCUT2D eigenvalue weighted by Crippen LogP contribution is -2.25. The standard InChI is InChI=1S/C30H33NO2/c1-6-9-22-17-27(21(5)16-20(22)4)23-10-12-25-26-13-11-24(31(32)33)19-29(26)30(14-7-2,15-8-3)28(25)18-23/h6,9-13,16-19H,7-8,14-15H2,1-5H3/b9-6+. The molecule has 1 aliphatic rings. The second kappa shape index (κ2) is 8.97. The summed E-state index contributed by atoms with van der Waals surface area (Å²) < 4.78 is 0. The monoisotopic (exact) mass is 439 g/mol. The Morgan fingerprint density at radius 2 is 1.48 bits per heavy atom. The van der Waals surface area contributed by atoms with Crippen molar-refractivity contribution in [2.75, 3.05) is 0 Å². The molecule has 3 aromatic carbocycles. The molecule has 0 saturated carbocycles. The lowest BCUT2D eigenvalue weighted by Gasteiger charge is -2.32. The maximum atomic E-state index is 11.6. The van der Waals surface area contributed by atoms with E-state index in [1.54, 1.807) is 6.07 Å². The van der Waals surface area contributed by atoms with Crippen LogP contribution >= 0.6 is 0 Å². The maximum absolute atomic E-state index is 11.6. The molecular formula is C30H33NO2. The highest BCUT2D eigenvalue weighted by atomic mass is 16.6. The van der Waals surface area contributed by atoms with Gasteiger partial charge < -0.3 is 0 Å². The van der Waals surface area contributed by atoms with Crippen molar-refractivity contribution >= 4 is 11.8 Å². The van der Waals surface area contributed by atoms with Crippen LogP contribution in [0.1, 0.15) is 74.3 Å². The number of fused-ring (bicyclic) bond motifs is 3. The fraction of sp³-hybridized carbons (Fsp3) is 0.333. The van der Waals surface area contributed by atoms with Crippen molar-refractivity contribution in [2.45, 2.75) is 65.7 Å². The number of non-ortho nitro benzene ring substituents is 1. The van der Waals surface area contributed by atoms with E-state index < -0.39 is 0 Å². The van der Waals surface area contributed by atoms with Crippen molar-refractivity contribution in [3.05, 3.63) is 92.5 Å². The molecule has 0 amide bonds. The molecule has 0 aromatic heterocycles. The Hall–Kier alpha value is -3.20. The van der Waals surface area contributed by atoms with Crippen LogP contribution in [0.15, 0.2) is 54.6 Å². The van der Waals surface area contributed by atoms with E-state index in [1.807, 2.05) is 12.1 Å². The topological polar surface area (TPSA) is 43.1 Å². The van der Waals surface area contributed by atoms with Crippen molar-refractivity contribution in [1.29, 1.82) is 0 Å². The maximum Gasteiger partial charge on any atom is 0.269 e. The smallest absolute Gasteiger partial charge is 0.258 e. The summed E-state index contributed by atoms with van der Waals surface area (Å²) in [5, 5.41) is 11.6. The molecule has 0 aliphatic heterocycles. The molecule has 3 nitrogen and oxygen atoms in total. The minimum Gasteiger partial charge on any atom is -0.258 e. The van der Waals surface area contributed by atoms with E-state index >= 15 is 0 Å². The second-order valence-corrected chi connectivity index (χ2v) is 9.35. The quantitative estimate of drug-likeness (QED) is 0.273. The highest BCUT2D eigenvalue weighted by Gasteiger charge is 2.42. The molecule has 33 heavy (non-hydrogen) atoms. The molecule has 3 heteroatoms. The summed E-state index contributed by atoms with van der Waals surface area (Å²) in [6, 6.07) is 16.8. The van der Waals surface area contributed by atoms with Gasteiger partial charge in [0.2, 0.25) is 0 Å². The summed E-state index contributed by atoms with van der Waals surface area (Å²) >= 11 is 0. The molecule has 1 aliphatic carbocycles. The molecule has 0 spiro atoms. The van der Waals surface area contributed by atoms with Crippen LogP contribution in [0, 0.1) is 24.0 Å². The molecular weight excluding hydrogens is 406 g/mol. The van der Waals surface area contributed by atoms with Crippen molar-refractivity contribution in [3.63, 3.8) is 0 Å². The zero-order chi connectivity index (χ0) is 23.8. The first-order valence-electron chi connectivity index (χ1n) is 12.0. The molecule has 0 fully saturated rings. The van der Waals surface area contributed by atoms with Gasteiger partial charge in [0.1, 0.15) is 0 Å². The summed E-state index contributed by atoms with van der Waals surface area (Å²) in [4.78, 5) is 11.3. The third-order valence-electron chi connectivity index (χ3n) is 7.18. The fourth-order valence-corrected chi connectivity index (χ4v) is 5.82. The van der Waals surface area contributed by atoms with E-state index in [0.29, 0.717) is 0 Å². The van der Waals surface area contributed by atoms with Crippen LogP contribution in [0.5, 0.6) is 0 Å². The average molecular weight is 440 g/mol. The molecule has 0 atom stereocenters. The predicted octanol–water partition coefficient (Wildman–Crippen LogP) is 8.78. The number of rotatable bonds is 7. The fourth-order valence-electron chi connectivity index (χ4n) is 5.82. The molecule has 0 heterocycles. The lowest BCUT2D eigenvalue weighted by molar-refractivity contribution is -0.384. The molecule has 0 saturated heterocycles. The van der Waals surface area contributed by atoms with E-state index in [4.69, 9.17) is 0 Å². The Kier molecular flexibility index (Phi) is 6.25. The molecule has 0 bridgehead atoms. The van der Waals surface area contributed by atoms with E-state index in [9.17, 15) is 10.1 Å². The Labute approximate surface area is 197 Å². The van der Waals surface area contributed by atoms with E-state index in [1.165, 1.54) is 38.9 Å². The average Bonchev–Trinajstić information content (AvgIpc) is 3.05. The Morgan fingerprint density at radius 3 is 2.09 bits per heavy atom. The summed E-state index contributed by atoms with van der Waals surface area (Å²) in [5.74, 6) is 0. The van der Waals surface area contributed by atoms with Gasteiger partial charge in [0.15, 0.2) is 0 Å². The molecule has 0 N–H and O–H groups in total. The predicted molar refractivity (Wildman–Crippen MR) is 139 cm³/mol. The van der Waals surface area contributed by atoms with E-state index in [-0.39, 0.29) is 16.0 Å². The van der Waals surface area contributed by atoms with Gasteiger partial charge in [0.05, 0.1) is 4.92 Å². The first-order chi connectivity index (χ1) is 15.9. The number of nitrogens with zero attached hydrogens (tertiary/aromatic N) is 1. The minimum absolute atomic E-state index is 0.180. The summed E-state index contributed by atoms with van der Waals surface area (Å²) in [5.41, 5.74) is 11.1. The molecule has 0 radical (unpaired) electrons. The number of benzene rings is 3. The van der Waals surface area contributed by atoms with Gasteiger partial charge >= 0.3 is 0 Å². The van der Waals surface area contributed by atoms with Crippen LogP contribution in [0.4, 0.5) is 5.69 Å². The van der Waals surface area contributed by atoms with Crippen molar-refractivity contribution in [3.8, 4) is 22.3 Å². The van der Waals surface area contributed by atoms with Gasteiger partial charge in [-0.3, -0.25) is 10.1 Å². The molecule has 0 unspecified atom stereocenters. The second-order valence-electron chi connectivity index (χ2n) is 9.35. The highest BCUT2D eigenvalue weighted by molar-refractivity contribution is 5.85. The van der Waals surface area contributed by atoms with Crippen LogP contribution in [0.3, 0.4) is 0 Å². The van der Waals surface area contributed by atoms with Crippen molar-refractivity contribution in [1.82, 2.24) is 0 Å². The van der Waals surface area contributed by atoms with Crippen LogP contribution in [0.2, 0.25) is 0 Å². The number of allylic oxidation sites excluding steroid dienone is 1. The summed E-state index contributed by atoms with van der Waals surface area (Å²) in [6.45, 7) is 10.8. The number of nitro benzene ring substituents is 1. The lowest BCUT2D eigenvalue weighted by atomic mass is 9.71. The number of hydrogen-bond acceptors (Lipinski definition) is 2. The number of nitro groups is 1. The van der Waals surface area contributed by atoms with Gasteiger partial charge in [0.25, 0.3) is 5.69 Å². The Bertz CT molecular complexity index is 1250. The molecule has 4 rings (SSSR count). The largest absolute Gasteiger partial charge is 0.269 e. The van der Waals surface area contributed by atoms with Crippen molar-refractivity contribution < 1.29 is 4.92 Å². The highest BCUT2D eigenvalue weighted by Crippen LogP contribution is 2.55. The van der Waals surface area contributed by atoms with Crippen molar-refractivity contribution in [2.24, 2.45) is 0 Å². The van der Waals surface area contributed by atoms with E-state index in [0.717, 1.165) is 36.8 Å². The van der Waals surface area contributed by atoms with Gasteiger partial charge in [-0.2, -0.15) is 0 Å². The van der Waals surface area contributed by atoms with Gasteiger partial charge in [-0.15, -0.1) is 0 Å². The summed E-state index contributed by atoms with van der Waals surface area (Å²) in [7, 11) is 0. The Morgan fingerprint density at radius 1 is 0.848 bits per heavy atom. The van der Waals surface area contributed by atoms with Crippen LogP contribution in [-0.2, 0) is 5.41 Å². The van der Waals surface area contributed by atoms with Gasteiger partial charge in [-0.25, -0.2) is 0 Å². The van der Waals surface area contributed by atoms with Crippen LogP contribution in [0.25, 0.3) is 28.3 Å². The SMILES string of the molecule is C/C=C/c1cc(-c2ccc3c(c2)C(CCC)(CCC)c2cc([N+](=O)[O-])ccc2-3)c(C)cc1C. The molecule has 170 valence electrons. The first-order valence-corrected chi connectivity index (χ1v) is 12.0. The summed E-state index contributed by atoms with van der Waals surface area (Å²) in [6.07, 6.45) is 8.28. The van der Waals surface area contributed by atoms with Gasteiger partial charge in [-0.1, -0.05) is 57.0 Å². The first kappa shape index (κ1) is 23.0. The molecule has 3 aromatic rings. The minimum atomic E-state index is -0.268. The zero-order valence-electron chi connectivity index (χ0n) is 20.4. The number of aryl methyl sites for hydroxylation is 2. The van der Waals surface area contributed by atoms with Gasteiger partial charge in [-0.05, 0) is 102 Å². The van der Waals surface area contributed by atoms with E-state index in [2.05, 4.69) is 77.1 Å². The normalized spacial score (nSPS) is 13.8. The van der Waals surface area contributed by atoms with Gasteiger partial charge in [0, 0.05) is 17.5 Å². The van der Waals surface area contributed by atoms with Crippen LogP contribution in [-0.4, -0.2) is 4.92 Å². The third-order valence-corrected chi connectivity index (χ3v) is 7.18. The Balaban J connectivity index is 1.96. The van der Waals surface area contributed by atoms with Crippen LogP contribution < -0.4 is 0 Å². The third kappa shape index (κ3) is 3.80. The number of hydrogen-bond donors (Lipinski definition) is 0.